The third-order valence-electron chi connectivity index (χ3n) is 5.34. The van der Waals surface area contributed by atoms with Crippen LogP contribution in [-0.2, 0) is 27.3 Å². The lowest BCUT2D eigenvalue weighted by atomic mass is 10.2. The first-order valence-electron chi connectivity index (χ1n) is 10.9. The fourth-order valence-corrected chi connectivity index (χ4v) is 3.68. The number of ether oxygens (including phenoxy) is 1. The second-order valence-electron chi connectivity index (χ2n) is 9.12. The molecule has 1 N–H and O–H groups in total. The summed E-state index contributed by atoms with van der Waals surface area (Å²) in [4.78, 5) is 39.4. The summed E-state index contributed by atoms with van der Waals surface area (Å²) < 4.78 is 8.52. The molecule has 1 fully saturated rings. The third kappa shape index (κ3) is 5.33. The van der Waals surface area contributed by atoms with Crippen molar-refractivity contribution in [2.75, 3.05) is 26.2 Å². The molecule has 0 saturated carbocycles. The highest BCUT2D eigenvalue weighted by molar-refractivity contribution is 5.83. The topological polar surface area (TPSA) is 136 Å². The van der Waals surface area contributed by atoms with Gasteiger partial charge in [-0.2, -0.15) is 5.10 Å². The highest BCUT2D eigenvalue weighted by atomic mass is 16.6. The van der Waals surface area contributed by atoms with Gasteiger partial charge in [0.05, 0.1) is 35.7 Å². The van der Waals surface area contributed by atoms with E-state index in [1.54, 1.807) is 26.9 Å². The van der Waals surface area contributed by atoms with Crippen molar-refractivity contribution >= 4 is 28.9 Å². The third-order valence-corrected chi connectivity index (χ3v) is 5.34. The Balaban J connectivity index is 1.42. The van der Waals surface area contributed by atoms with Crippen molar-refractivity contribution in [3.05, 3.63) is 36.3 Å². The van der Waals surface area contributed by atoms with Crippen molar-refractivity contribution in [3.63, 3.8) is 0 Å². The van der Waals surface area contributed by atoms with E-state index < -0.39 is 11.6 Å². The zero-order valence-corrected chi connectivity index (χ0v) is 19.3. The average molecular weight is 470 g/mol. The van der Waals surface area contributed by atoms with Crippen LogP contribution in [0.5, 0.6) is 0 Å². The van der Waals surface area contributed by atoms with E-state index in [1.807, 2.05) is 39.0 Å². The Labute approximate surface area is 195 Å². The van der Waals surface area contributed by atoms with E-state index >= 15 is 0 Å². The zero-order valence-electron chi connectivity index (χ0n) is 19.3. The Morgan fingerprint density at radius 2 is 1.79 bits per heavy atom. The van der Waals surface area contributed by atoms with Crippen molar-refractivity contribution in [2.45, 2.75) is 39.3 Å². The van der Waals surface area contributed by atoms with Crippen LogP contribution in [0.15, 0.2) is 30.6 Å². The minimum Gasteiger partial charge on any atom is -0.481 e. The predicted molar refractivity (Wildman–Crippen MR) is 120 cm³/mol. The van der Waals surface area contributed by atoms with E-state index in [2.05, 4.69) is 15.4 Å². The van der Waals surface area contributed by atoms with Crippen molar-refractivity contribution in [3.8, 4) is 5.69 Å². The number of aromatic nitrogens is 5. The molecule has 0 atom stereocenters. The molecule has 4 rings (SSSR count). The van der Waals surface area contributed by atoms with Crippen molar-refractivity contribution in [2.24, 2.45) is 0 Å². The van der Waals surface area contributed by atoms with Gasteiger partial charge in [-0.3, -0.25) is 14.3 Å². The number of carboxylic acids is 1. The molecule has 0 radical (unpaired) electrons. The number of fused-ring (bicyclic) bond motifs is 1. The van der Waals surface area contributed by atoms with E-state index in [9.17, 15) is 14.4 Å². The molecule has 1 saturated heterocycles. The molecule has 1 aromatic carbocycles. The normalized spacial score (nSPS) is 14.4. The van der Waals surface area contributed by atoms with Crippen molar-refractivity contribution in [1.29, 1.82) is 0 Å². The maximum Gasteiger partial charge on any atom is 0.410 e. The lowest BCUT2D eigenvalue weighted by Gasteiger charge is -2.35. The molecular formula is C22H27N7O5. The summed E-state index contributed by atoms with van der Waals surface area (Å²) in [5.41, 5.74) is 1.21. The Morgan fingerprint density at radius 3 is 2.47 bits per heavy atom. The number of nitrogens with zero attached hydrogens (tertiary/aromatic N) is 7. The number of carbonyl (C=O) groups excluding carboxylic acids is 2. The molecule has 2 aromatic heterocycles. The van der Waals surface area contributed by atoms with Gasteiger partial charge in [0, 0.05) is 31.6 Å². The van der Waals surface area contributed by atoms with Crippen LogP contribution in [0.2, 0.25) is 0 Å². The van der Waals surface area contributed by atoms with Gasteiger partial charge in [-0.25, -0.2) is 9.48 Å². The van der Waals surface area contributed by atoms with E-state index in [1.165, 1.54) is 4.68 Å². The van der Waals surface area contributed by atoms with Crippen LogP contribution >= 0.6 is 0 Å². The number of carbonyl (C=O) groups is 3. The number of amides is 2. The van der Waals surface area contributed by atoms with E-state index in [0.29, 0.717) is 37.6 Å². The molecule has 3 aromatic rings. The monoisotopic (exact) mass is 469 g/mol. The molecule has 1 aliphatic heterocycles. The zero-order chi connectivity index (χ0) is 24.5. The second kappa shape index (κ2) is 9.12. The molecule has 0 unspecified atom stereocenters. The molecule has 2 amide bonds. The average Bonchev–Trinajstić information content (AvgIpc) is 3.39. The predicted octanol–water partition coefficient (Wildman–Crippen LogP) is 1.32. The summed E-state index contributed by atoms with van der Waals surface area (Å²) in [5, 5.41) is 22.0. The number of hydrogen-bond acceptors (Lipinski definition) is 7. The minimum atomic E-state index is -0.981. The molecule has 180 valence electrons. The van der Waals surface area contributed by atoms with E-state index in [4.69, 9.17) is 9.84 Å². The van der Waals surface area contributed by atoms with Gasteiger partial charge >= 0.3 is 12.1 Å². The van der Waals surface area contributed by atoms with Gasteiger partial charge in [-0.1, -0.05) is 5.21 Å². The summed E-state index contributed by atoms with van der Waals surface area (Å²) in [6.07, 6.45) is 2.66. The van der Waals surface area contributed by atoms with Crippen LogP contribution in [0.3, 0.4) is 0 Å². The van der Waals surface area contributed by atoms with E-state index in [0.717, 1.165) is 10.9 Å². The summed E-state index contributed by atoms with van der Waals surface area (Å²) in [7, 11) is 0. The van der Waals surface area contributed by atoms with Crippen molar-refractivity contribution < 1.29 is 24.2 Å². The number of hydrogen-bond donors (Lipinski definition) is 1. The number of rotatable bonds is 5. The summed E-state index contributed by atoms with van der Waals surface area (Å²) in [6.45, 7) is 7.20. The standard InChI is InChI=1S/C22H27N7O5/c1-22(2,3)34-21(33)27-8-6-26(7-9-27)19(30)14-29-18-11-17(5-4-15(18)12-23-29)28-13-16(24-25-28)10-20(31)32/h4-5,11-13H,6-10,14H2,1-3H3,(H,31,32). The van der Waals surface area contributed by atoms with Crippen LogP contribution in [-0.4, -0.2) is 89.4 Å². The van der Waals surface area contributed by atoms with Crippen LogP contribution in [0, 0.1) is 0 Å². The first kappa shape index (κ1) is 23.2. The number of aliphatic carboxylic acids is 1. The Bertz CT molecular complexity index is 1220. The summed E-state index contributed by atoms with van der Waals surface area (Å²) >= 11 is 0. The van der Waals surface area contributed by atoms with Gasteiger partial charge in [-0.05, 0) is 39.0 Å². The Morgan fingerprint density at radius 1 is 1.09 bits per heavy atom. The number of carboxylic acid groups (broad SMARTS) is 1. The largest absolute Gasteiger partial charge is 0.481 e. The van der Waals surface area contributed by atoms with Crippen LogP contribution < -0.4 is 0 Å². The molecule has 34 heavy (non-hydrogen) atoms. The number of piperazine rings is 1. The highest BCUT2D eigenvalue weighted by Gasteiger charge is 2.28. The molecular weight excluding hydrogens is 442 g/mol. The smallest absolute Gasteiger partial charge is 0.410 e. The summed E-state index contributed by atoms with van der Waals surface area (Å²) in [5.74, 6) is -1.07. The lowest BCUT2D eigenvalue weighted by Crippen LogP contribution is -2.52. The second-order valence-corrected chi connectivity index (χ2v) is 9.12. The Hall–Kier alpha value is -3.96. The van der Waals surface area contributed by atoms with Gasteiger partial charge in [0.15, 0.2) is 0 Å². The molecule has 0 bridgehead atoms. The maximum absolute atomic E-state index is 12.9. The lowest BCUT2D eigenvalue weighted by molar-refractivity contribution is -0.136. The van der Waals surface area contributed by atoms with Crippen LogP contribution in [0.4, 0.5) is 4.79 Å². The number of benzene rings is 1. The van der Waals surface area contributed by atoms with Gasteiger partial charge < -0.3 is 19.6 Å². The fourth-order valence-electron chi connectivity index (χ4n) is 3.68. The van der Waals surface area contributed by atoms with Gasteiger partial charge in [0.1, 0.15) is 12.1 Å². The van der Waals surface area contributed by atoms with Gasteiger partial charge in [-0.15, -0.1) is 5.10 Å². The first-order chi connectivity index (χ1) is 16.1. The van der Waals surface area contributed by atoms with Crippen LogP contribution in [0.25, 0.3) is 16.6 Å². The molecule has 12 heteroatoms. The van der Waals surface area contributed by atoms with Crippen molar-refractivity contribution in [1.82, 2.24) is 34.6 Å². The molecule has 12 nitrogen and oxygen atoms in total. The van der Waals surface area contributed by atoms with Crippen LogP contribution in [0.1, 0.15) is 26.5 Å². The minimum absolute atomic E-state index is 0.0566. The van der Waals surface area contributed by atoms with Gasteiger partial charge in [0.25, 0.3) is 0 Å². The molecule has 0 spiro atoms. The van der Waals surface area contributed by atoms with Gasteiger partial charge in [0.2, 0.25) is 5.91 Å². The quantitative estimate of drug-likeness (QED) is 0.591. The fraction of sp³-hybridized carbons (Fsp3) is 0.455. The maximum atomic E-state index is 12.9. The highest BCUT2D eigenvalue weighted by Crippen LogP contribution is 2.19. The molecule has 0 aliphatic carbocycles. The SMILES string of the molecule is CC(C)(C)OC(=O)N1CCN(C(=O)Cn2ncc3ccc(-n4cc(CC(=O)O)nn4)cc32)CC1. The Kier molecular flexibility index (Phi) is 6.22. The molecule has 1 aliphatic rings. The van der Waals surface area contributed by atoms with E-state index in [-0.39, 0.29) is 25.0 Å². The first-order valence-corrected chi connectivity index (χ1v) is 10.9. The summed E-state index contributed by atoms with van der Waals surface area (Å²) in [6, 6.07) is 5.51. The molecule has 3 heterocycles.